The van der Waals surface area contributed by atoms with Crippen LogP contribution < -0.4 is 5.32 Å². The maximum Gasteiger partial charge on any atom is 0.257 e. The molecule has 23 heavy (non-hydrogen) atoms. The first-order chi connectivity index (χ1) is 11.1. The van der Waals surface area contributed by atoms with Crippen molar-refractivity contribution >= 4 is 11.8 Å². The molecule has 6 nitrogen and oxygen atoms in total. The summed E-state index contributed by atoms with van der Waals surface area (Å²) in [5.41, 5.74) is 0.502. The third-order valence-electron chi connectivity index (χ3n) is 3.29. The standard InChI is InChI=1S/C17H22N2O4/c1-13(2)11-19(17(21)14-6-9-22-12-14)7-5-16(20)18-10-15-4-3-8-23-15/h3-4,6,8-9,12-13H,5,7,10-11H2,1-2H3,(H,18,20). The van der Waals surface area contributed by atoms with Gasteiger partial charge in [0.1, 0.15) is 12.0 Å². The van der Waals surface area contributed by atoms with Crippen LogP contribution in [0.1, 0.15) is 36.4 Å². The van der Waals surface area contributed by atoms with Gasteiger partial charge in [-0.1, -0.05) is 13.8 Å². The normalized spacial score (nSPS) is 10.7. The lowest BCUT2D eigenvalue weighted by atomic mass is 10.1. The average molecular weight is 318 g/mol. The molecule has 0 bridgehead atoms. The summed E-state index contributed by atoms with van der Waals surface area (Å²) in [5.74, 6) is 0.783. The van der Waals surface area contributed by atoms with Gasteiger partial charge in [-0.2, -0.15) is 0 Å². The van der Waals surface area contributed by atoms with E-state index in [0.29, 0.717) is 36.9 Å². The van der Waals surface area contributed by atoms with Crippen molar-refractivity contribution in [2.75, 3.05) is 13.1 Å². The molecular formula is C17H22N2O4. The second-order valence-electron chi connectivity index (χ2n) is 5.76. The Balaban J connectivity index is 1.85. The second kappa shape index (κ2) is 8.22. The second-order valence-corrected chi connectivity index (χ2v) is 5.76. The molecule has 0 unspecified atom stereocenters. The van der Waals surface area contributed by atoms with E-state index in [1.54, 1.807) is 29.4 Å². The maximum atomic E-state index is 12.4. The lowest BCUT2D eigenvalue weighted by Gasteiger charge is -2.23. The fourth-order valence-electron chi connectivity index (χ4n) is 2.21. The van der Waals surface area contributed by atoms with Gasteiger partial charge in [0.05, 0.1) is 24.6 Å². The Labute approximate surface area is 135 Å². The van der Waals surface area contributed by atoms with Crippen molar-refractivity contribution in [2.45, 2.75) is 26.8 Å². The molecule has 0 saturated heterocycles. The zero-order valence-corrected chi connectivity index (χ0v) is 13.5. The van der Waals surface area contributed by atoms with Crippen molar-refractivity contribution in [3.63, 3.8) is 0 Å². The highest BCUT2D eigenvalue weighted by molar-refractivity contribution is 5.94. The molecule has 0 radical (unpaired) electrons. The summed E-state index contributed by atoms with van der Waals surface area (Å²) in [6, 6.07) is 5.20. The molecule has 6 heteroatoms. The number of hydrogen-bond acceptors (Lipinski definition) is 4. The van der Waals surface area contributed by atoms with E-state index in [1.807, 2.05) is 13.8 Å². The van der Waals surface area contributed by atoms with Gasteiger partial charge in [-0.3, -0.25) is 9.59 Å². The lowest BCUT2D eigenvalue weighted by molar-refractivity contribution is -0.121. The Kier molecular flexibility index (Phi) is 6.02. The minimum Gasteiger partial charge on any atom is -0.472 e. The first-order valence-electron chi connectivity index (χ1n) is 7.67. The summed E-state index contributed by atoms with van der Waals surface area (Å²) in [5, 5.41) is 2.78. The van der Waals surface area contributed by atoms with Crippen molar-refractivity contribution in [1.82, 2.24) is 10.2 Å². The van der Waals surface area contributed by atoms with Crippen LogP contribution in [-0.4, -0.2) is 29.8 Å². The fourth-order valence-corrected chi connectivity index (χ4v) is 2.21. The van der Waals surface area contributed by atoms with Gasteiger partial charge in [0.15, 0.2) is 0 Å². The van der Waals surface area contributed by atoms with Crippen LogP contribution in [0.4, 0.5) is 0 Å². The van der Waals surface area contributed by atoms with Gasteiger partial charge >= 0.3 is 0 Å². The van der Waals surface area contributed by atoms with E-state index < -0.39 is 0 Å². The average Bonchev–Trinajstić information content (AvgIpc) is 3.21. The lowest BCUT2D eigenvalue weighted by Crippen LogP contribution is -2.37. The molecule has 0 aliphatic carbocycles. The van der Waals surface area contributed by atoms with E-state index in [9.17, 15) is 9.59 Å². The molecule has 1 N–H and O–H groups in total. The van der Waals surface area contributed by atoms with Gasteiger partial charge < -0.3 is 19.1 Å². The first kappa shape index (κ1) is 16.9. The van der Waals surface area contributed by atoms with E-state index in [4.69, 9.17) is 8.83 Å². The molecule has 2 aromatic heterocycles. The predicted molar refractivity (Wildman–Crippen MR) is 84.6 cm³/mol. The molecule has 2 aromatic rings. The first-order valence-corrected chi connectivity index (χ1v) is 7.67. The molecule has 0 spiro atoms. The van der Waals surface area contributed by atoms with E-state index in [0.717, 1.165) is 0 Å². The number of nitrogens with zero attached hydrogens (tertiary/aromatic N) is 1. The number of carbonyl (C=O) groups excluding carboxylic acids is 2. The smallest absolute Gasteiger partial charge is 0.257 e. The number of carbonyl (C=O) groups is 2. The van der Waals surface area contributed by atoms with E-state index in [1.165, 1.54) is 12.5 Å². The molecule has 2 heterocycles. The van der Waals surface area contributed by atoms with Crippen LogP contribution in [0, 0.1) is 5.92 Å². The summed E-state index contributed by atoms with van der Waals surface area (Å²) >= 11 is 0. The van der Waals surface area contributed by atoms with Crippen LogP contribution in [0.2, 0.25) is 0 Å². The highest BCUT2D eigenvalue weighted by Crippen LogP contribution is 2.09. The summed E-state index contributed by atoms with van der Waals surface area (Å²) in [6.45, 7) is 5.38. The predicted octanol–water partition coefficient (Wildman–Crippen LogP) is 2.68. The van der Waals surface area contributed by atoms with Crippen molar-refractivity contribution in [3.8, 4) is 0 Å². The molecule has 2 amide bonds. The van der Waals surface area contributed by atoms with Crippen molar-refractivity contribution in [2.24, 2.45) is 5.92 Å². The zero-order valence-electron chi connectivity index (χ0n) is 13.5. The molecular weight excluding hydrogens is 296 g/mol. The van der Waals surface area contributed by atoms with Crippen LogP contribution in [-0.2, 0) is 11.3 Å². The van der Waals surface area contributed by atoms with Crippen LogP contribution >= 0.6 is 0 Å². The minimum absolute atomic E-state index is 0.116. The van der Waals surface area contributed by atoms with Crippen LogP contribution in [0.15, 0.2) is 45.8 Å². The van der Waals surface area contributed by atoms with E-state index >= 15 is 0 Å². The largest absolute Gasteiger partial charge is 0.472 e. The van der Waals surface area contributed by atoms with Crippen molar-refractivity contribution < 1.29 is 18.4 Å². The van der Waals surface area contributed by atoms with Gasteiger partial charge in [0.25, 0.3) is 5.91 Å². The third kappa shape index (κ3) is 5.32. The summed E-state index contributed by atoms with van der Waals surface area (Å²) in [6.07, 6.45) is 4.70. The third-order valence-corrected chi connectivity index (χ3v) is 3.29. The van der Waals surface area contributed by atoms with Crippen LogP contribution in [0.5, 0.6) is 0 Å². The SMILES string of the molecule is CC(C)CN(CCC(=O)NCc1ccco1)C(=O)c1ccoc1. The summed E-state index contributed by atoms with van der Waals surface area (Å²) in [4.78, 5) is 26.0. The Morgan fingerprint density at radius 2 is 2.09 bits per heavy atom. The highest BCUT2D eigenvalue weighted by atomic mass is 16.3. The van der Waals surface area contributed by atoms with Crippen LogP contribution in [0.3, 0.4) is 0 Å². The number of furan rings is 2. The molecule has 0 atom stereocenters. The topological polar surface area (TPSA) is 75.7 Å². The van der Waals surface area contributed by atoms with E-state index in [2.05, 4.69) is 5.32 Å². The van der Waals surface area contributed by atoms with E-state index in [-0.39, 0.29) is 18.2 Å². The molecule has 0 saturated carbocycles. The number of nitrogens with one attached hydrogen (secondary N) is 1. The molecule has 0 fully saturated rings. The Morgan fingerprint density at radius 1 is 1.26 bits per heavy atom. The fraction of sp³-hybridized carbons (Fsp3) is 0.412. The quantitative estimate of drug-likeness (QED) is 0.812. The Hall–Kier alpha value is -2.50. The molecule has 124 valence electrons. The highest BCUT2D eigenvalue weighted by Gasteiger charge is 2.18. The molecule has 0 aromatic carbocycles. The van der Waals surface area contributed by atoms with Gasteiger partial charge in [0.2, 0.25) is 5.91 Å². The Morgan fingerprint density at radius 3 is 2.70 bits per heavy atom. The molecule has 0 aliphatic rings. The summed E-state index contributed by atoms with van der Waals surface area (Å²) < 4.78 is 10.1. The van der Waals surface area contributed by atoms with Crippen molar-refractivity contribution in [1.29, 1.82) is 0 Å². The van der Waals surface area contributed by atoms with Gasteiger partial charge in [-0.05, 0) is 24.1 Å². The molecule has 2 rings (SSSR count). The number of hydrogen-bond donors (Lipinski definition) is 1. The van der Waals surface area contributed by atoms with Crippen LogP contribution in [0.25, 0.3) is 0 Å². The molecule has 0 aliphatic heterocycles. The van der Waals surface area contributed by atoms with Gasteiger partial charge in [0, 0.05) is 19.5 Å². The Bertz CT molecular complexity index is 603. The maximum absolute atomic E-state index is 12.4. The monoisotopic (exact) mass is 318 g/mol. The number of amides is 2. The summed E-state index contributed by atoms with van der Waals surface area (Å²) in [7, 11) is 0. The van der Waals surface area contributed by atoms with Gasteiger partial charge in [-0.25, -0.2) is 0 Å². The number of rotatable bonds is 8. The van der Waals surface area contributed by atoms with Gasteiger partial charge in [-0.15, -0.1) is 0 Å². The minimum atomic E-state index is -0.119. The van der Waals surface area contributed by atoms with Crippen molar-refractivity contribution in [3.05, 3.63) is 48.3 Å². The zero-order chi connectivity index (χ0) is 16.7.